The van der Waals surface area contributed by atoms with E-state index in [1.807, 2.05) is 19.9 Å². The third kappa shape index (κ3) is 2.44. The molecule has 2 aromatic rings. The summed E-state index contributed by atoms with van der Waals surface area (Å²) in [5, 5.41) is 9.48. The maximum absolute atomic E-state index is 11.2. The van der Waals surface area contributed by atoms with E-state index >= 15 is 0 Å². The monoisotopic (exact) mass is 265 g/mol. The van der Waals surface area contributed by atoms with Crippen LogP contribution in [0.15, 0.2) is 35.2 Å². The summed E-state index contributed by atoms with van der Waals surface area (Å²) in [4.78, 5) is 0.103. The van der Waals surface area contributed by atoms with Crippen molar-refractivity contribution >= 4 is 10.0 Å². The zero-order valence-electron chi connectivity index (χ0n) is 10.3. The maximum atomic E-state index is 11.2. The molecule has 0 saturated heterocycles. The van der Waals surface area contributed by atoms with Gasteiger partial charge in [0.1, 0.15) is 0 Å². The molecule has 96 valence electrons. The highest BCUT2D eigenvalue weighted by atomic mass is 32.2. The first-order valence-corrected chi connectivity index (χ1v) is 7.15. The molecule has 18 heavy (non-hydrogen) atoms. The standard InChI is InChI=1S/C12H15N3O2S/c1-3-10-8-9(2)15(14-10)11-4-6-12(7-5-11)18(13,16)17/h4-8H,3H2,1-2H3,(H2,13,16,17). The van der Waals surface area contributed by atoms with E-state index in [2.05, 4.69) is 5.10 Å². The molecule has 0 atom stereocenters. The van der Waals surface area contributed by atoms with E-state index in [0.717, 1.165) is 23.5 Å². The first-order chi connectivity index (χ1) is 8.41. The van der Waals surface area contributed by atoms with Gasteiger partial charge in [-0.2, -0.15) is 5.10 Å². The number of sulfonamides is 1. The summed E-state index contributed by atoms with van der Waals surface area (Å²) < 4.78 is 24.1. The molecule has 1 aromatic heterocycles. The van der Waals surface area contributed by atoms with Gasteiger partial charge in [-0.3, -0.25) is 0 Å². The lowest BCUT2D eigenvalue weighted by Gasteiger charge is -2.05. The molecule has 0 amide bonds. The molecule has 0 radical (unpaired) electrons. The van der Waals surface area contributed by atoms with Crippen LogP contribution in [0.25, 0.3) is 5.69 Å². The number of aromatic nitrogens is 2. The molecule has 2 N–H and O–H groups in total. The lowest BCUT2D eigenvalue weighted by atomic mass is 10.3. The molecule has 0 aliphatic heterocycles. The molecule has 0 saturated carbocycles. The first kappa shape index (κ1) is 12.8. The van der Waals surface area contributed by atoms with Crippen LogP contribution in [0.3, 0.4) is 0 Å². The molecule has 0 aliphatic rings. The molecule has 0 spiro atoms. The van der Waals surface area contributed by atoms with Crippen molar-refractivity contribution in [3.63, 3.8) is 0 Å². The minimum absolute atomic E-state index is 0.103. The van der Waals surface area contributed by atoms with Crippen LogP contribution in [0.4, 0.5) is 0 Å². The molecule has 0 unspecified atom stereocenters. The van der Waals surface area contributed by atoms with E-state index < -0.39 is 10.0 Å². The average Bonchev–Trinajstić information content (AvgIpc) is 2.70. The fourth-order valence-corrected chi connectivity index (χ4v) is 2.27. The predicted molar refractivity (Wildman–Crippen MR) is 69.1 cm³/mol. The number of benzene rings is 1. The SMILES string of the molecule is CCc1cc(C)n(-c2ccc(S(N)(=O)=O)cc2)n1. The fraction of sp³-hybridized carbons (Fsp3) is 0.250. The van der Waals surface area contributed by atoms with Gasteiger partial charge in [0, 0.05) is 5.69 Å². The zero-order valence-corrected chi connectivity index (χ0v) is 11.1. The number of nitrogens with two attached hydrogens (primary N) is 1. The van der Waals surface area contributed by atoms with Crippen molar-refractivity contribution < 1.29 is 8.42 Å². The third-order valence-electron chi connectivity index (χ3n) is 2.71. The van der Waals surface area contributed by atoms with Gasteiger partial charge in [0.25, 0.3) is 0 Å². The normalized spacial score (nSPS) is 11.7. The summed E-state index contributed by atoms with van der Waals surface area (Å²) in [6.45, 7) is 4.00. The average molecular weight is 265 g/mol. The van der Waals surface area contributed by atoms with Crippen molar-refractivity contribution in [1.29, 1.82) is 0 Å². The Morgan fingerprint density at radius 3 is 2.33 bits per heavy atom. The van der Waals surface area contributed by atoms with E-state index in [1.54, 1.807) is 16.8 Å². The highest BCUT2D eigenvalue weighted by Crippen LogP contribution is 2.15. The molecule has 5 nitrogen and oxygen atoms in total. The summed E-state index contributed by atoms with van der Waals surface area (Å²) in [6, 6.07) is 8.36. The Kier molecular flexibility index (Phi) is 3.23. The van der Waals surface area contributed by atoms with Gasteiger partial charge in [-0.25, -0.2) is 18.2 Å². The number of aryl methyl sites for hydroxylation is 2. The molecular formula is C12H15N3O2S. The number of primary sulfonamides is 1. The molecule has 0 fully saturated rings. The Balaban J connectivity index is 2.43. The van der Waals surface area contributed by atoms with E-state index in [0.29, 0.717) is 0 Å². The Morgan fingerprint density at radius 1 is 1.28 bits per heavy atom. The van der Waals surface area contributed by atoms with Gasteiger partial charge in [-0.1, -0.05) is 6.92 Å². The molecule has 1 aromatic carbocycles. The van der Waals surface area contributed by atoms with Crippen molar-refractivity contribution in [2.75, 3.05) is 0 Å². The van der Waals surface area contributed by atoms with Crippen molar-refractivity contribution in [2.45, 2.75) is 25.2 Å². The molecule has 1 heterocycles. The number of hydrogen-bond acceptors (Lipinski definition) is 3. The quantitative estimate of drug-likeness (QED) is 0.911. The number of nitrogens with zero attached hydrogens (tertiary/aromatic N) is 2. The second kappa shape index (κ2) is 4.55. The van der Waals surface area contributed by atoms with Crippen LogP contribution in [-0.2, 0) is 16.4 Å². The van der Waals surface area contributed by atoms with Crippen molar-refractivity contribution in [1.82, 2.24) is 9.78 Å². The zero-order chi connectivity index (χ0) is 13.3. The molecule has 0 bridgehead atoms. The second-order valence-electron chi connectivity index (χ2n) is 4.08. The Bertz CT molecular complexity index is 657. The first-order valence-electron chi connectivity index (χ1n) is 5.60. The Hall–Kier alpha value is -1.66. The van der Waals surface area contributed by atoms with Crippen LogP contribution < -0.4 is 5.14 Å². The van der Waals surface area contributed by atoms with Crippen LogP contribution >= 0.6 is 0 Å². The Labute approximate surface area is 106 Å². The second-order valence-corrected chi connectivity index (χ2v) is 5.64. The van der Waals surface area contributed by atoms with Crippen molar-refractivity contribution in [3.05, 3.63) is 41.7 Å². The molecule has 6 heteroatoms. The van der Waals surface area contributed by atoms with Crippen molar-refractivity contribution in [3.8, 4) is 5.69 Å². The van der Waals surface area contributed by atoms with Gasteiger partial charge < -0.3 is 0 Å². The molecule has 2 rings (SSSR count). The van der Waals surface area contributed by atoms with Crippen LogP contribution in [0.2, 0.25) is 0 Å². The highest BCUT2D eigenvalue weighted by molar-refractivity contribution is 7.89. The van der Waals surface area contributed by atoms with Gasteiger partial charge >= 0.3 is 0 Å². The van der Waals surface area contributed by atoms with Crippen LogP contribution in [-0.4, -0.2) is 18.2 Å². The van der Waals surface area contributed by atoms with E-state index in [9.17, 15) is 8.42 Å². The minimum atomic E-state index is -3.64. The van der Waals surface area contributed by atoms with Crippen LogP contribution in [0.5, 0.6) is 0 Å². The van der Waals surface area contributed by atoms with E-state index in [4.69, 9.17) is 5.14 Å². The van der Waals surface area contributed by atoms with Gasteiger partial charge in [0.15, 0.2) is 0 Å². The van der Waals surface area contributed by atoms with E-state index in [1.165, 1.54) is 12.1 Å². The summed E-state index contributed by atoms with van der Waals surface area (Å²) in [7, 11) is -3.64. The predicted octanol–water partition coefficient (Wildman–Crippen LogP) is 1.39. The van der Waals surface area contributed by atoms with Crippen LogP contribution in [0, 0.1) is 6.92 Å². The molecule has 0 aliphatic carbocycles. The van der Waals surface area contributed by atoms with Crippen LogP contribution in [0.1, 0.15) is 18.3 Å². The Morgan fingerprint density at radius 2 is 1.89 bits per heavy atom. The summed E-state index contributed by atoms with van der Waals surface area (Å²) in [6.07, 6.45) is 0.864. The van der Waals surface area contributed by atoms with Gasteiger partial charge in [-0.15, -0.1) is 0 Å². The summed E-state index contributed by atoms with van der Waals surface area (Å²) in [5.41, 5.74) is 2.83. The lowest BCUT2D eigenvalue weighted by molar-refractivity contribution is 0.598. The van der Waals surface area contributed by atoms with Gasteiger partial charge in [0.2, 0.25) is 10.0 Å². The van der Waals surface area contributed by atoms with E-state index in [-0.39, 0.29) is 4.90 Å². The highest BCUT2D eigenvalue weighted by Gasteiger charge is 2.09. The number of rotatable bonds is 3. The summed E-state index contributed by atoms with van der Waals surface area (Å²) >= 11 is 0. The number of hydrogen-bond donors (Lipinski definition) is 1. The smallest absolute Gasteiger partial charge is 0.238 e. The third-order valence-corrected chi connectivity index (χ3v) is 3.64. The van der Waals surface area contributed by atoms with Gasteiger partial charge in [-0.05, 0) is 43.7 Å². The minimum Gasteiger partial charge on any atom is -0.238 e. The van der Waals surface area contributed by atoms with Gasteiger partial charge in [0.05, 0.1) is 16.3 Å². The van der Waals surface area contributed by atoms with Crippen molar-refractivity contribution in [2.24, 2.45) is 5.14 Å². The lowest BCUT2D eigenvalue weighted by Crippen LogP contribution is -2.12. The largest absolute Gasteiger partial charge is 0.238 e. The summed E-state index contributed by atoms with van der Waals surface area (Å²) in [5.74, 6) is 0. The topological polar surface area (TPSA) is 78.0 Å². The maximum Gasteiger partial charge on any atom is 0.238 e. The molecular weight excluding hydrogens is 250 g/mol. The fourth-order valence-electron chi connectivity index (χ4n) is 1.75.